The van der Waals surface area contributed by atoms with Crippen LogP contribution in [0.4, 0.5) is 0 Å². The third-order valence-corrected chi connectivity index (χ3v) is 8.69. The van der Waals surface area contributed by atoms with Crippen molar-refractivity contribution < 1.29 is 0 Å². The van der Waals surface area contributed by atoms with Crippen molar-refractivity contribution in [1.82, 2.24) is 0 Å². The second-order valence-electron chi connectivity index (χ2n) is 8.03. The second-order valence-corrected chi connectivity index (χ2v) is 10.3. The molecule has 0 fully saturated rings. The summed E-state index contributed by atoms with van der Waals surface area (Å²) < 4.78 is 1.47. The lowest BCUT2D eigenvalue weighted by atomic mass is 9.61. The van der Waals surface area contributed by atoms with E-state index in [1.807, 2.05) is 23.1 Å². The predicted octanol–water partition coefficient (Wildman–Crippen LogP) is 7.14. The van der Waals surface area contributed by atoms with Gasteiger partial charge < -0.3 is 0 Å². The highest BCUT2D eigenvalue weighted by Crippen LogP contribution is 2.60. The summed E-state index contributed by atoms with van der Waals surface area (Å²) in [5, 5.41) is 1.53. The van der Waals surface area contributed by atoms with Crippen LogP contribution in [0.3, 0.4) is 0 Å². The normalized spacial score (nSPS) is 22.6. The first kappa shape index (κ1) is 16.2. The number of rotatable bonds is 3. The van der Waals surface area contributed by atoms with Gasteiger partial charge in [-0.3, -0.25) is 0 Å². The van der Waals surface area contributed by atoms with Crippen LogP contribution in [0, 0.1) is 6.92 Å². The van der Waals surface area contributed by atoms with Crippen LogP contribution in [0.15, 0.2) is 65.1 Å². The van der Waals surface area contributed by atoms with E-state index in [0.29, 0.717) is 11.8 Å². The Morgan fingerprint density at radius 2 is 1.93 bits per heavy atom. The lowest BCUT2D eigenvalue weighted by Gasteiger charge is -2.42. The molecule has 0 nitrogen and oxygen atoms in total. The van der Waals surface area contributed by atoms with Gasteiger partial charge in [0.15, 0.2) is 0 Å². The van der Waals surface area contributed by atoms with E-state index in [4.69, 9.17) is 0 Å². The molecule has 6 rings (SSSR count). The molecule has 0 spiro atoms. The van der Waals surface area contributed by atoms with Crippen molar-refractivity contribution in [3.63, 3.8) is 0 Å². The Morgan fingerprint density at radius 3 is 2.81 bits per heavy atom. The quantitative estimate of drug-likeness (QED) is 0.461. The van der Waals surface area contributed by atoms with Crippen LogP contribution in [-0.2, 0) is 12.8 Å². The average molecular weight is 387 g/mol. The summed E-state index contributed by atoms with van der Waals surface area (Å²) in [5.74, 6) is 2.58. The Hall–Kier alpha value is -1.77. The van der Waals surface area contributed by atoms with Crippen LogP contribution >= 0.6 is 23.1 Å². The van der Waals surface area contributed by atoms with E-state index < -0.39 is 0 Å². The molecule has 1 aromatic heterocycles. The molecule has 3 aliphatic rings. The molecule has 2 heteroatoms. The summed E-state index contributed by atoms with van der Waals surface area (Å²) in [4.78, 5) is 3.09. The summed E-state index contributed by atoms with van der Waals surface area (Å²) >= 11 is 4.04. The molecule has 2 aliphatic carbocycles. The van der Waals surface area contributed by atoms with Crippen molar-refractivity contribution in [3.05, 3.63) is 92.2 Å². The molecule has 0 N–H and O–H groups in total. The van der Waals surface area contributed by atoms with Gasteiger partial charge in [0.2, 0.25) is 0 Å². The summed E-state index contributed by atoms with van der Waals surface area (Å²) in [5.41, 5.74) is 7.73. The van der Waals surface area contributed by atoms with E-state index in [-0.39, 0.29) is 0 Å². The maximum atomic E-state index is 2.49. The lowest BCUT2D eigenvalue weighted by Crippen LogP contribution is -2.26. The van der Waals surface area contributed by atoms with Crippen molar-refractivity contribution in [3.8, 4) is 0 Å². The van der Waals surface area contributed by atoms with Crippen LogP contribution in [0.5, 0.6) is 0 Å². The minimum absolute atomic E-state index is 0.626. The van der Waals surface area contributed by atoms with Gasteiger partial charge in [-0.2, -0.15) is 0 Å². The SMILES string of the molecule is Cc1ccc(CCc2cc3c4c(ccc3s2)C2C3=C(C=CC42)SCC3)cc1. The number of hydrogen-bond donors (Lipinski definition) is 0. The molecular weight excluding hydrogens is 364 g/mol. The topological polar surface area (TPSA) is 0 Å². The highest BCUT2D eigenvalue weighted by Gasteiger charge is 2.43. The molecule has 134 valence electrons. The van der Waals surface area contributed by atoms with Gasteiger partial charge in [0.1, 0.15) is 0 Å². The predicted molar refractivity (Wildman–Crippen MR) is 119 cm³/mol. The third kappa shape index (κ3) is 2.50. The third-order valence-electron chi connectivity index (χ3n) is 6.41. The molecular formula is C25H22S2. The Labute approximate surface area is 169 Å². The minimum atomic E-state index is 0.626. The van der Waals surface area contributed by atoms with Crippen LogP contribution in [0.1, 0.15) is 45.4 Å². The molecule has 0 saturated carbocycles. The molecule has 1 aliphatic heterocycles. The van der Waals surface area contributed by atoms with E-state index in [2.05, 4.69) is 61.5 Å². The Kier molecular flexibility index (Phi) is 3.67. The molecule has 0 radical (unpaired) electrons. The minimum Gasteiger partial charge on any atom is -0.140 e. The van der Waals surface area contributed by atoms with Crippen molar-refractivity contribution in [2.75, 3.05) is 5.75 Å². The van der Waals surface area contributed by atoms with Gasteiger partial charge in [0.25, 0.3) is 0 Å². The van der Waals surface area contributed by atoms with E-state index in [0.717, 1.165) is 12.8 Å². The standard InChI is InChI=1S/C25H22S2/c1-15-2-4-16(5-3-15)6-7-17-14-21-23(27-17)11-9-20-24-18-12-13-26-22(18)10-8-19(24)25(20)21/h2-5,8-11,14,19,24H,6-7,12-13H2,1H3. The van der Waals surface area contributed by atoms with Gasteiger partial charge in [0, 0.05) is 32.1 Å². The Bertz CT molecular complexity index is 1110. The number of aryl methyl sites for hydroxylation is 3. The fourth-order valence-electron chi connectivity index (χ4n) is 5.01. The lowest BCUT2D eigenvalue weighted by molar-refractivity contribution is 0.599. The monoisotopic (exact) mass is 386 g/mol. The first-order chi connectivity index (χ1) is 13.3. The van der Waals surface area contributed by atoms with Crippen LogP contribution in [-0.4, -0.2) is 5.75 Å². The molecule has 0 bridgehead atoms. The van der Waals surface area contributed by atoms with E-state index >= 15 is 0 Å². The van der Waals surface area contributed by atoms with E-state index in [9.17, 15) is 0 Å². The Morgan fingerprint density at radius 1 is 1.04 bits per heavy atom. The molecule has 2 aromatic carbocycles. The van der Waals surface area contributed by atoms with Gasteiger partial charge in [-0.1, -0.05) is 48.0 Å². The second kappa shape index (κ2) is 6.12. The molecule has 0 saturated heterocycles. The number of benzene rings is 2. The van der Waals surface area contributed by atoms with Crippen LogP contribution in [0.25, 0.3) is 10.1 Å². The maximum absolute atomic E-state index is 2.49. The van der Waals surface area contributed by atoms with Crippen LogP contribution < -0.4 is 0 Å². The number of thioether (sulfide) groups is 1. The van der Waals surface area contributed by atoms with Crippen LogP contribution in [0.2, 0.25) is 0 Å². The highest BCUT2D eigenvalue weighted by molar-refractivity contribution is 8.03. The molecule has 27 heavy (non-hydrogen) atoms. The fraction of sp³-hybridized carbons (Fsp3) is 0.280. The van der Waals surface area contributed by atoms with E-state index in [1.165, 1.54) is 38.3 Å². The first-order valence-corrected chi connectivity index (χ1v) is 11.7. The highest BCUT2D eigenvalue weighted by atomic mass is 32.2. The molecule has 0 amide bonds. The smallest absolute Gasteiger partial charge is 0.0348 e. The fourth-order valence-corrected chi connectivity index (χ4v) is 7.22. The number of thiophene rings is 1. The van der Waals surface area contributed by atoms with Crippen molar-refractivity contribution in [2.24, 2.45) is 0 Å². The zero-order valence-corrected chi connectivity index (χ0v) is 17.1. The number of fused-ring (bicyclic) bond motifs is 7. The maximum Gasteiger partial charge on any atom is 0.0348 e. The molecule has 2 atom stereocenters. The largest absolute Gasteiger partial charge is 0.140 e. The average Bonchev–Trinajstić information content (AvgIpc) is 3.29. The number of hydrogen-bond acceptors (Lipinski definition) is 2. The van der Waals surface area contributed by atoms with Gasteiger partial charge in [-0.25, -0.2) is 0 Å². The zero-order chi connectivity index (χ0) is 18.0. The summed E-state index contributed by atoms with van der Waals surface area (Å²) in [6.07, 6.45) is 8.45. The first-order valence-electron chi connectivity index (χ1n) is 9.93. The zero-order valence-electron chi connectivity index (χ0n) is 15.5. The van der Waals surface area contributed by atoms with E-state index in [1.54, 1.807) is 21.6 Å². The number of allylic oxidation sites excluding steroid dienone is 3. The van der Waals surface area contributed by atoms with Crippen molar-refractivity contribution in [1.29, 1.82) is 0 Å². The van der Waals surface area contributed by atoms with Gasteiger partial charge in [0.05, 0.1) is 0 Å². The van der Waals surface area contributed by atoms with Gasteiger partial charge in [-0.05, 0) is 66.0 Å². The summed E-state index contributed by atoms with van der Waals surface area (Å²) in [7, 11) is 0. The Balaban J connectivity index is 1.32. The van der Waals surface area contributed by atoms with Gasteiger partial charge in [-0.15, -0.1) is 23.1 Å². The molecule has 2 heterocycles. The molecule has 3 aromatic rings. The molecule has 2 unspecified atom stereocenters. The summed E-state index contributed by atoms with van der Waals surface area (Å²) in [6.45, 7) is 2.16. The van der Waals surface area contributed by atoms with Crippen molar-refractivity contribution in [2.45, 2.75) is 38.0 Å². The van der Waals surface area contributed by atoms with Crippen molar-refractivity contribution >= 4 is 33.2 Å². The van der Waals surface area contributed by atoms with Gasteiger partial charge >= 0.3 is 0 Å². The summed E-state index contributed by atoms with van der Waals surface area (Å²) in [6, 6.07) is 16.3.